The van der Waals surface area contributed by atoms with E-state index in [4.69, 9.17) is 0 Å². The summed E-state index contributed by atoms with van der Waals surface area (Å²) in [5.41, 5.74) is 0.929. The number of benzene rings is 1. The van der Waals surface area contributed by atoms with E-state index in [2.05, 4.69) is 15.3 Å². The van der Waals surface area contributed by atoms with Crippen molar-refractivity contribution in [1.29, 1.82) is 0 Å². The fourth-order valence-electron chi connectivity index (χ4n) is 1.24. The molecule has 0 unspecified atom stereocenters. The standard InChI is InChI=1S/C11H9F2N3/c12-8-1-2-11(10(13)5-8)16-7-9-6-14-3-4-15-9/h1-6,16H,7H2. The van der Waals surface area contributed by atoms with Crippen LogP contribution in [0.4, 0.5) is 14.5 Å². The van der Waals surface area contributed by atoms with Crippen molar-refractivity contribution < 1.29 is 8.78 Å². The zero-order valence-electron chi connectivity index (χ0n) is 8.32. The molecule has 0 aliphatic heterocycles. The van der Waals surface area contributed by atoms with Gasteiger partial charge in [-0.15, -0.1) is 0 Å². The molecule has 1 heterocycles. The molecule has 0 aliphatic carbocycles. The maximum absolute atomic E-state index is 13.2. The third-order valence-corrected chi connectivity index (χ3v) is 2.01. The summed E-state index contributed by atoms with van der Waals surface area (Å²) in [6.45, 7) is 0.344. The Morgan fingerprint density at radius 2 is 2.06 bits per heavy atom. The molecule has 82 valence electrons. The van der Waals surface area contributed by atoms with Crippen molar-refractivity contribution in [2.75, 3.05) is 5.32 Å². The fraction of sp³-hybridized carbons (Fsp3) is 0.0909. The van der Waals surface area contributed by atoms with Gasteiger partial charge in [0.2, 0.25) is 0 Å². The molecule has 0 saturated carbocycles. The molecule has 5 heteroatoms. The average Bonchev–Trinajstić information content (AvgIpc) is 2.29. The quantitative estimate of drug-likeness (QED) is 0.864. The lowest BCUT2D eigenvalue weighted by atomic mass is 10.3. The third kappa shape index (κ3) is 2.50. The number of halogens is 2. The molecule has 0 amide bonds. The van der Waals surface area contributed by atoms with Gasteiger partial charge in [-0.1, -0.05) is 0 Å². The highest BCUT2D eigenvalue weighted by molar-refractivity contribution is 5.44. The number of hydrogen-bond donors (Lipinski definition) is 1. The molecule has 0 saturated heterocycles. The summed E-state index contributed by atoms with van der Waals surface area (Å²) in [4.78, 5) is 7.90. The molecular formula is C11H9F2N3. The maximum Gasteiger partial charge on any atom is 0.149 e. The minimum absolute atomic E-state index is 0.243. The van der Waals surface area contributed by atoms with Gasteiger partial charge in [0.1, 0.15) is 11.6 Å². The van der Waals surface area contributed by atoms with Gasteiger partial charge in [-0.2, -0.15) is 0 Å². The molecular weight excluding hydrogens is 212 g/mol. The number of hydrogen-bond acceptors (Lipinski definition) is 3. The smallest absolute Gasteiger partial charge is 0.149 e. The summed E-state index contributed by atoms with van der Waals surface area (Å²) >= 11 is 0. The van der Waals surface area contributed by atoms with Gasteiger partial charge in [-0.05, 0) is 12.1 Å². The fourth-order valence-corrected chi connectivity index (χ4v) is 1.24. The molecule has 16 heavy (non-hydrogen) atoms. The Balaban J connectivity index is 2.05. The van der Waals surface area contributed by atoms with Crippen molar-refractivity contribution in [3.63, 3.8) is 0 Å². The molecule has 0 spiro atoms. The first-order valence-electron chi connectivity index (χ1n) is 4.69. The van der Waals surface area contributed by atoms with E-state index < -0.39 is 11.6 Å². The van der Waals surface area contributed by atoms with Gasteiger partial charge in [0.25, 0.3) is 0 Å². The Morgan fingerprint density at radius 3 is 2.75 bits per heavy atom. The van der Waals surface area contributed by atoms with Crippen LogP contribution in [0.25, 0.3) is 0 Å². The van der Waals surface area contributed by atoms with Crippen molar-refractivity contribution in [3.05, 3.63) is 54.1 Å². The Morgan fingerprint density at radius 1 is 1.19 bits per heavy atom. The van der Waals surface area contributed by atoms with Crippen LogP contribution in [0.1, 0.15) is 5.69 Å². The van der Waals surface area contributed by atoms with Crippen LogP contribution in [0, 0.1) is 11.6 Å². The van der Waals surface area contributed by atoms with Crippen molar-refractivity contribution in [2.45, 2.75) is 6.54 Å². The molecule has 0 aliphatic rings. The molecule has 2 aromatic rings. The Bertz CT molecular complexity index is 474. The monoisotopic (exact) mass is 221 g/mol. The molecule has 0 atom stereocenters. The van der Waals surface area contributed by atoms with Gasteiger partial charge in [-0.3, -0.25) is 9.97 Å². The maximum atomic E-state index is 13.2. The molecule has 0 bridgehead atoms. The second-order valence-electron chi connectivity index (χ2n) is 3.17. The number of rotatable bonds is 3. The van der Waals surface area contributed by atoms with Crippen LogP contribution in [0.2, 0.25) is 0 Å². The van der Waals surface area contributed by atoms with Crippen LogP contribution in [-0.4, -0.2) is 9.97 Å². The van der Waals surface area contributed by atoms with E-state index >= 15 is 0 Å². The minimum atomic E-state index is -0.621. The summed E-state index contributed by atoms with van der Waals surface area (Å²) < 4.78 is 25.8. The lowest BCUT2D eigenvalue weighted by Gasteiger charge is -2.06. The lowest BCUT2D eigenvalue weighted by molar-refractivity contribution is 0.585. The summed E-state index contributed by atoms with van der Waals surface area (Å²) in [5.74, 6) is -1.22. The predicted octanol–water partition coefficient (Wildman–Crippen LogP) is 2.37. The molecule has 1 aromatic heterocycles. The topological polar surface area (TPSA) is 37.8 Å². The van der Waals surface area contributed by atoms with Crippen LogP contribution in [0.3, 0.4) is 0 Å². The Labute approximate surface area is 91.2 Å². The van der Waals surface area contributed by atoms with E-state index in [9.17, 15) is 8.78 Å². The summed E-state index contributed by atoms with van der Waals surface area (Å²) in [7, 11) is 0. The zero-order chi connectivity index (χ0) is 11.4. The average molecular weight is 221 g/mol. The van der Waals surface area contributed by atoms with E-state index in [1.54, 1.807) is 18.6 Å². The van der Waals surface area contributed by atoms with E-state index in [-0.39, 0.29) is 5.69 Å². The summed E-state index contributed by atoms with van der Waals surface area (Å²) in [6.07, 6.45) is 4.69. The molecule has 2 rings (SSSR count). The highest BCUT2D eigenvalue weighted by Gasteiger charge is 2.03. The largest absolute Gasteiger partial charge is 0.377 e. The van der Waals surface area contributed by atoms with Crippen LogP contribution in [-0.2, 0) is 6.54 Å². The number of nitrogens with zero attached hydrogens (tertiary/aromatic N) is 2. The minimum Gasteiger partial charge on any atom is -0.377 e. The zero-order valence-corrected chi connectivity index (χ0v) is 8.32. The van der Waals surface area contributed by atoms with Crippen LogP contribution < -0.4 is 5.32 Å². The number of nitrogens with one attached hydrogen (secondary N) is 1. The van der Waals surface area contributed by atoms with E-state index in [1.807, 2.05) is 0 Å². The predicted molar refractivity (Wildman–Crippen MR) is 55.7 cm³/mol. The van der Waals surface area contributed by atoms with Crippen molar-refractivity contribution in [2.24, 2.45) is 0 Å². The molecule has 1 N–H and O–H groups in total. The number of aromatic nitrogens is 2. The van der Waals surface area contributed by atoms with Crippen LogP contribution >= 0.6 is 0 Å². The number of anilines is 1. The first kappa shape index (κ1) is 10.5. The normalized spacial score (nSPS) is 10.1. The Hall–Kier alpha value is -2.04. The lowest BCUT2D eigenvalue weighted by Crippen LogP contribution is -2.03. The van der Waals surface area contributed by atoms with Crippen LogP contribution in [0.5, 0.6) is 0 Å². The second-order valence-corrected chi connectivity index (χ2v) is 3.17. The SMILES string of the molecule is Fc1ccc(NCc2cnccn2)c(F)c1. The van der Waals surface area contributed by atoms with E-state index in [0.29, 0.717) is 12.2 Å². The summed E-state index contributed by atoms with van der Waals surface area (Å²) in [5, 5.41) is 2.81. The van der Waals surface area contributed by atoms with E-state index in [1.165, 1.54) is 12.1 Å². The van der Waals surface area contributed by atoms with Crippen molar-refractivity contribution in [3.8, 4) is 0 Å². The van der Waals surface area contributed by atoms with Gasteiger partial charge in [0.15, 0.2) is 0 Å². The molecule has 0 radical (unpaired) electrons. The first-order valence-corrected chi connectivity index (χ1v) is 4.69. The van der Waals surface area contributed by atoms with Gasteiger partial charge in [0, 0.05) is 18.5 Å². The van der Waals surface area contributed by atoms with Crippen molar-refractivity contribution >= 4 is 5.69 Å². The molecule has 3 nitrogen and oxygen atoms in total. The van der Waals surface area contributed by atoms with Crippen LogP contribution in [0.15, 0.2) is 36.8 Å². The highest BCUT2D eigenvalue weighted by atomic mass is 19.1. The van der Waals surface area contributed by atoms with Gasteiger partial charge < -0.3 is 5.32 Å². The third-order valence-electron chi connectivity index (χ3n) is 2.01. The second kappa shape index (κ2) is 4.65. The highest BCUT2D eigenvalue weighted by Crippen LogP contribution is 2.15. The van der Waals surface area contributed by atoms with Gasteiger partial charge >= 0.3 is 0 Å². The molecule has 0 fully saturated rings. The van der Waals surface area contributed by atoms with Gasteiger partial charge in [0.05, 0.1) is 24.1 Å². The Kier molecular flexibility index (Phi) is 3.05. The first-order chi connectivity index (χ1) is 7.75. The van der Waals surface area contributed by atoms with E-state index in [0.717, 1.165) is 6.07 Å². The summed E-state index contributed by atoms with van der Waals surface area (Å²) in [6, 6.07) is 3.38. The van der Waals surface area contributed by atoms with Crippen molar-refractivity contribution in [1.82, 2.24) is 9.97 Å². The molecule has 1 aromatic carbocycles. The van der Waals surface area contributed by atoms with Gasteiger partial charge in [-0.25, -0.2) is 8.78 Å².